The molecule has 1 heterocycles. The molecule has 1 aliphatic heterocycles. The Kier molecular flexibility index (Phi) is 9.61. The van der Waals surface area contributed by atoms with Crippen LogP contribution in [0.1, 0.15) is 50.9 Å². The summed E-state index contributed by atoms with van der Waals surface area (Å²) in [5.74, 6) is 0.279. The number of rotatable bonds is 10. The highest BCUT2D eigenvalue weighted by atomic mass is 16.5. The predicted octanol–water partition coefficient (Wildman–Crippen LogP) is 2.69. The molecule has 6 heteroatoms. The first-order valence-electron chi connectivity index (χ1n) is 10.9. The number of carbonyl (C=O) groups is 2. The van der Waals surface area contributed by atoms with E-state index in [-0.39, 0.29) is 23.8 Å². The van der Waals surface area contributed by atoms with Gasteiger partial charge in [-0.05, 0) is 30.4 Å². The summed E-state index contributed by atoms with van der Waals surface area (Å²) in [4.78, 5) is 28.0. The van der Waals surface area contributed by atoms with Gasteiger partial charge < -0.3 is 15.4 Å². The molecule has 3 unspecified atom stereocenters. The van der Waals surface area contributed by atoms with Gasteiger partial charge >= 0.3 is 0 Å². The van der Waals surface area contributed by atoms with Crippen LogP contribution in [0.5, 0.6) is 0 Å². The van der Waals surface area contributed by atoms with Crippen molar-refractivity contribution in [2.75, 3.05) is 32.8 Å². The molecule has 6 nitrogen and oxygen atoms in total. The van der Waals surface area contributed by atoms with E-state index < -0.39 is 6.04 Å². The Morgan fingerprint density at radius 2 is 1.76 bits per heavy atom. The number of morpholine rings is 1. The lowest BCUT2D eigenvalue weighted by atomic mass is 9.97. The Balaban J connectivity index is 2.00. The van der Waals surface area contributed by atoms with Crippen LogP contribution in [0.3, 0.4) is 0 Å². The first-order chi connectivity index (χ1) is 13.9. The lowest BCUT2D eigenvalue weighted by molar-refractivity contribution is -0.124. The Hall–Kier alpha value is -1.92. The zero-order valence-corrected chi connectivity index (χ0v) is 18.3. The summed E-state index contributed by atoms with van der Waals surface area (Å²) in [7, 11) is 0. The van der Waals surface area contributed by atoms with Crippen LogP contribution in [0.4, 0.5) is 0 Å². The largest absolute Gasteiger partial charge is 0.379 e. The molecule has 1 fully saturated rings. The molecule has 2 N–H and O–H groups in total. The second-order valence-electron chi connectivity index (χ2n) is 8.38. The van der Waals surface area contributed by atoms with Crippen LogP contribution in [0.25, 0.3) is 0 Å². The van der Waals surface area contributed by atoms with Crippen LogP contribution in [-0.4, -0.2) is 61.6 Å². The highest BCUT2D eigenvalue weighted by molar-refractivity contribution is 5.97. The van der Waals surface area contributed by atoms with Gasteiger partial charge in [0.05, 0.1) is 13.2 Å². The molecule has 29 heavy (non-hydrogen) atoms. The molecule has 1 aliphatic rings. The molecule has 0 aromatic heterocycles. The minimum atomic E-state index is -0.544. The first kappa shape index (κ1) is 23.4. The molecule has 0 bridgehead atoms. The van der Waals surface area contributed by atoms with Crippen LogP contribution in [-0.2, 0) is 9.53 Å². The number of nitrogens with zero attached hydrogens (tertiary/aromatic N) is 1. The molecule has 0 saturated carbocycles. The third-order valence-electron chi connectivity index (χ3n) is 5.64. The van der Waals surface area contributed by atoms with E-state index in [0.29, 0.717) is 18.0 Å². The van der Waals surface area contributed by atoms with E-state index in [4.69, 9.17) is 4.74 Å². The van der Waals surface area contributed by atoms with Gasteiger partial charge in [0.15, 0.2) is 0 Å². The van der Waals surface area contributed by atoms with Crippen molar-refractivity contribution in [2.45, 2.75) is 52.6 Å². The predicted molar refractivity (Wildman–Crippen MR) is 116 cm³/mol. The molecule has 0 radical (unpaired) electrons. The van der Waals surface area contributed by atoms with Crippen LogP contribution in [0.2, 0.25) is 0 Å². The number of ether oxygens (including phenoxy) is 1. The van der Waals surface area contributed by atoms with Crippen LogP contribution >= 0.6 is 0 Å². The second kappa shape index (κ2) is 11.9. The number of hydrogen-bond donors (Lipinski definition) is 2. The molecule has 2 rings (SSSR count). The van der Waals surface area contributed by atoms with E-state index in [1.807, 2.05) is 32.0 Å². The average molecular weight is 404 g/mol. The van der Waals surface area contributed by atoms with Crippen molar-refractivity contribution >= 4 is 11.8 Å². The molecule has 1 aromatic rings. The molecule has 0 aliphatic carbocycles. The zero-order valence-electron chi connectivity index (χ0n) is 18.3. The van der Waals surface area contributed by atoms with Gasteiger partial charge in [-0.3, -0.25) is 14.5 Å². The van der Waals surface area contributed by atoms with Crippen molar-refractivity contribution in [1.29, 1.82) is 0 Å². The van der Waals surface area contributed by atoms with Crippen molar-refractivity contribution in [2.24, 2.45) is 11.8 Å². The number of hydrogen-bond acceptors (Lipinski definition) is 4. The second-order valence-corrected chi connectivity index (χ2v) is 8.38. The van der Waals surface area contributed by atoms with Crippen LogP contribution < -0.4 is 10.6 Å². The zero-order chi connectivity index (χ0) is 21.2. The maximum Gasteiger partial charge on any atom is 0.251 e. The third-order valence-corrected chi connectivity index (χ3v) is 5.64. The highest BCUT2D eigenvalue weighted by Crippen LogP contribution is 2.14. The third kappa shape index (κ3) is 7.44. The van der Waals surface area contributed by atoms with Gasteiger partial charge in [-0.25, -0.2) is 0 Å². The number of nitrogens with one attached hydrogen (secondary N) is 2. The van der Waals surface area contributed by atoms with Crippen molar-refractivity contribution in [1.82, 2.24) is 15.5 Å². The number of amides is 2. The molecular formula is C23H37N3O3. The fourth-order valence-corrected chi connectivity index (χ4v) is 3.69. The summed E-state index contributed by atoms with van der Waals surface area (Å²) in [6.45, 7) is 12.3. The van der Waals surface area contributed by atoms with Crippen LogP contribution in [0.15, 0.2) is 30.3 Å². The van der Waals surface area contributed by atoms with E-state index in [0.717, 1.165) is 39.1 Å². The van der Waals surface area contributed by atoms with E-state index >= 15 is 0 Å². The van der Waals surface area contributed by atoms with Gasteiger partial charge in [-0.1, -0.05) is 52.3 Å². The van der Waals surface area contributed by atoms with Crippen molar-refractivity contribution in [3.63, 3.8) is 0 Å². The van der Waals surface area contributed by atoms with E-state index in [9.17, 15) is 9.59 Å². The average Bonchev–Trinajstić information content (AvgIpc) is 2.75. The Labute approximate surface area is 175 Å². The molecule has 1 aromatic carbocycles. The maximum absolute atomic E-state index is 13.0. The van der Waals surface area contributed by atoms with Gasteiger partial charge in [0.2, 0.25) is 5.91 Å². The topological polar surface area (TPSA) is 70.7 Å². The monoisotopic (exact) mass is 403 g/mol. The SMILES string of the molecule is CCC(C)C(NC(=O)c1ccccc1)C(=O)NCC(CC(C)C)N1CCOCC1. The van der Waals surface area contributed by atoms with Crippen molar-refractivity contribution < 1.29 is 14.3 Å². The summed E-state index contributed by atoms with van der Waals surface area (Å²) in [6.07, 6.45) is 1.83. The Morgan fingerprint density at radius 3 is 2.34 bits per heavy atom. The fraction of sp³-hybridized carbons (Fsp3) is 0.652. The van der Waals surface area contributed by atoms with Crippen molar-refractivity contribution in [3.05, 3.63) is 35.9 Å². The van der Waals surface area contributed by atoms with Crippen molar-refractivity contribution in [3.8, 4) is 0 Å². The smallest absolute Gasteiger partial charge is 0.251 e. The highest BCUT2D eigenvalue weighted by Gasteiger charge is 2.28. The first-order valence-corrected chi connectivity index (χ1v) is 10.9. The minimum Gasteiger partial charge on any atom is -0.379 e. The Morgan fingerprint density at radius 1 is 1.10 bits per heavy atom. The van der Waals surface area contributed by atoms with E-state index in [1.54, 1.807) is 12.1 Å². The number of benzene rings is 1. The normalized spacial score (nSPS) is 18.1. The summed E-state index contributed by atoms with van der Waals surface area (Å²) < 4.78 is 5.47. The maximum atomic E-state index is 13.0. The molecule has 2 amide bonds. The van der Waals surface area contributed by atoms with Gasteiger partial charge in [0.25, 0.3) is 5.91 Å². The molecule has 0 spiro atoms. The molecular weight excluding hydrogens is 366 g/mol. The quantitative estimate of drug-likeness (QED) is 0.630. The van der Waals surface area contributed by atoms with Gasteiger partial charge in [0, 0.05) is 31.2 Å². The summed E-state index contributed by atoms with van der Waals surface area (Å²) in [5.41, 5.74) is 0.569. The van der Waals surface area contributed by atoms with Gasteiger partial charge in [-0.15, -0.1) is 0 Å². The van der Waals surface area contributed by atoms with E-state index in [2.05, 4.69) is 29.4 Å². The van der Waals surface area contributed by atoms with Gasteiger partial charge in [0.1, 0.15) is 6.04 Å². The fourth-order valence-electron chi connectivity index (χ4n) is 3.69. The molecule has 1 saturated heterocycles. The minimum absolute atomic E-state index is 0.0506. The summed E-state index contributed by atoms with van der Waals surface area (Å²) in [5, 5.41) is 6.06. The molecule has 162 valence electrons. The standard InChI is InChI=1S/C23H37N3O3/c1-5-18(4)21(25-22(27)19-9-7-6-8-10-19)23(28)24-16-20(15-17(2)3)26-11-13-29-14-12-26/h6-10,17-18,20-21H,5,11-16H2,1-4H3,(H,24,28)(H,25,27). The van der Waals surface area contributed by atoms with Crippen LogP contribution in [0, 0.1) is 11.8 Å². The van der Waals surface area contributed by atoms with Gasteiger partial charge in [-0.2, -0.15) is 0 Å². The molecule has 3 atom stereocenters. The summed E-state index contributed by atoms with van der Waals surface area (Å²) >= 11 is 0. The number of carbonyl (C=O) groups excluding carboxylic acids is 2. The van der Waals surface area contributed by atoms with E-state index in [1.165, 1.54) is 0 Å². The Bertz CT molecular complexity index is 630. The lowest BCUT2D eigenvalue weighted by Gasteiger charge is -2.36. The lowest BCUT2D eigenvalue weighted by Crippen LogP contribution is -2.54. The summed E-state index contributed by atoms with van der Waals surface area (Å²) in [6, 6.07) is 8.78.